The molecule has 2 aliphatic rings. The number of fused-ring (bicyclic) bond motifs is 6. The smallest absolute Gasteiger partial charge is 0.326 e. The molecule has 0 unspecified atom stereocenters. The Morgan fingerprint density at radius 1 is 0.667 bits per heavy atom. The molecule has 3 N–H and O–H groups in total. The first-order valence-corrected chi connectivity index (χ1v) is 21.4. The molecule has 2 aliphatic heterocycles. The van der Waals surface area contributed by atoms with Gasteiger partial charge in [-0.05, 0) is 68.3 Å². The van der Waals surface area contributed by atoms with Gasteiger partial charge in [-0.3, -0.25) is 28.3 Å². The van der Waals surface area contributed by atoms with Crippen LogP contribution in [0.1, 0.15) is 31.9 Å². The molecule has 4 aromatic heterocycles. The number of anilines is 4. The molecule has 0 amide bonds. The lowest BCUT2D eigenvalue weighted by molar-refractivity contribution is -0.155. The Bertz CT molecular complexity index is 3250. The summed E-state index contributed by atoms with van der Waals surface area (Å²) in [5.41, 5.74) is 3.88. The molecule has 0 aliphatic carbocycles. The molecule has 10 rings (SSSR count). The van der Waals surface area contributed by atoms with Crippen LogP contribution in [0.5, 0.6) is 0 Å². The van der Waals surface area contributed by atoms with Crippen molar-refractivity contribution in [1.82, 2.24) is 19.1 Å². The maximum Gasteiger partial charge on any atom is 0.326 e. The van der Waals surface area contributed by atoms with E-state index in [2.05, 4.69) is 20.6 Å². The number of benzene rings is 4. The van der Waals surface area contributed by atoms with Crippen LogP contribution in [0, 0.1) is 0 Å². The van der Waals surface area contributed by atoms with E-state index in [0.717, 1.165) is 59.6 Å². The van der Waals surface area contributed by atoms with Crippen molar-refractivity contribution in [2.75, 3.05) is 46.6 Å². The predicted molar refractivity (Wildman–Crippen MR) is 247 cm³/mol. The highest BCUT2D eigenvalue weighted by Crippen LogP contribution is 2.31. The van der Waals surface area contributed by atoms with Gasteiger partial charge < -0.3 is 39.1 Å². The maximum absolute atomic E-state index is 13.5. The molecular weight excluding hydrogens is 855 g/mol. The summed E-state index contributed by atoms with van der Waals surface area (Å²) >= 11 is 0. The Hall–Kier alpha value is -7.76. The molecule has 0 radical (unpaired) electrons. The van der Waals surface area contributed by atoms with Crippen LogP contribution in [-0.4, -0.2) is 80.3 Å². The minimum absolute atomic E-state index is 0.0947. The number of alkyl halides is 2. The summed E-state index contributed by atoms with van der Waals surface area (Å²) in [6.07, 6.45) is 0.823. The first kappa shape index (κ1) is 43.5. The molecule has 0 atom stereocenters. The standard InChI is InChI=1S/C26H27FN4O4.C22H19FN4O4/c1-26(2,3)35-23(32)15-31-24(33)20(12-29-25(31)30-13-17(27)14-30)28-11-16-8-9-22-19(10-16)18-6-4-5-7-21(18)34-22;23-14-10-26(11-14)22-25-9-17(21(30)27(22)12-20(28)29)24-8-13-5-6-19-16(7-13)15-3-1-2-4-18(15)31-19/h4-10,12,17,28H,11,13-15H2,1-3H3;1-7,9,14,24H,8,10-12H2,(H,28,29). The predicted octanol–water partition coefficient (Wildman–Crippen LogP) is 7.25. The van der Waals surface area contributed by atoms with Gasteiger partial charge in [0.25, 0.3) is 11.1 Å². The van der Waals surface area contributed by atoms with Gasteiger partial charge >= 0.3 is 11.9 Å². The number of halogens is 2. The summed E-state index contributed by atoms with van der Waals surface area (Å²) in [4.78, 5) is 61.7. The minimum atomic E-state index is -1.17. The van der Waals surface area contributed by atoms with Gasteiger partial charge in [0.05, 0.1) is 38.6 Å². The van der Waals surface area contributed by atoms with Crippen molar-refractivity contribution in [2.24, 2.45) is 0 Å². The Morgan fingerprint density at radius 3 is 1.52 bits per heavy atom. The highest BCUT2D eigenvalue weighted by Gasteiger charge is 2.32. The molecule has 18 heteroatoms. The van der Waals surface area contributed by atoms with Gasteiger partial charge in [-0.1, -0.05) is 48.5 Å². The number of esters is 1. The Labute approximate surface area is 375 Å². The number of carboxylic acids is 1. The van der Waals surface area contributed by atoms with Crippen molar-refractivity contribution >= 4 is 79.1 Å². The molecule has 66 heavy (non-hydrogen) atoms. The molecule has 8 aromatic rings. The third-order valence-corrected chi connectivity index (χ3v) is 11.1. The second-order valence-electron chi connectivity index (χ2n) is 17.3. The molecule has 6 heterocycles. The van der Waals surface area contributed by atoms with Crippen LogP contribution in [0.25, 0.3) is 43.9 Å². The molecular formula is C48H46F2N8O8. The van der Waals surface area contributed by atoms with E-state index >= 15 is 0 Å². The summed E-state index contributed by atoms with van der Waals surface area (Å²) in [7, 11) is 0. The van der Waals surface area contributed by atoms with E-state index in [4.69, 9.17) is 13.6 Å². The molecule has 2 fully saturated rings. The number of furan rings is 2. The van der Waals surface area contributed by atoms with Crippen LogP contribution < -0.4 is 31.6 Å². The van der Waals surface area contributed by atoms with Crippen molar-refractivity contribution < 1.29 is 37.0 Å². The summed E-state index contributed by atoms with van der Waals surface area (Å²) in [5, 5.41) is 19.4. The molecule has 2 saturated heterocycles. The van der Waals surface area contributed by atoms with Crippen LogP contribution in [0.15, 0.2) is 116 Å². The lowest BCUT2D eigenvalue weighted by Crippen LogP contribution is -2.51. The quantitative estimate of drug-likeness (QED) is 0.104. The first-order valence-electron chi connectivity index (χ1n) is 21.4. The molecule has 16 nitrogen and oxygen atoms in total. The molecule has 340 valence electrons. The lowest BCUT2D eigenvalue weighted by atomic mass is 10.1. The normalized spacial score (nSPS) is 14.3. The number of carboxylic acid groups (broad SMARTS) is 1. The van der Waals surface area contributed by atoms with Crippen molar-refractivity contribution in [3.05, 3.63) is 129 Å². The van der Waals surface area contributed by atoms with Crippen LogP contribution in [0.3, 0.4) is 0 Å². The zero-order chi connectivity index (χ0) is 46.3. The Morgan fingerprint density at radius 2 is 1.09 bits per heavy atom. The number of para-hydroxylation sites is 2. The van der Waals surface area contributed by atoms with Crippen LogP contribution in [-0.2, 0) is 40.5 Å². The zero-order valence-electron chi connectivity index (χ0n) is 36.3. The molecule has 0 spiro atoms. The summed E-state index contributed by atoms with van der Waals surface area (Å²) in [6, 6.07) is 27.2. The van der Waals surface area contributed by atoms with E-state index in [9.17, 15) is 33.1 Å². The van der Waals surface area contributed by atoms with Gasteiger partial charge in [-0.25, -0.2) is 18.7 Å². The Kier molecular flexibility index (Phi) is 11.6. The van der Waals surface area contributed by atoms with Crippen LogP contribution in [0.4, 0.5) is 32.1 Å². The molecule has 0 bridgehead atoms. The van der Waals surface area contributed by atoms with Crippen LogP contribution >= 0.6 is 0 Å². The topological polar surface area (TPSA) is 190 Å². The number of rotatable bonds is 12. The number of nitrogens with zero attached hydrogens (tertiary/aromatic N) is 6. The number of carbonyl (C=O) groups is 2. The van der Waals surface area contributed by atoms with Crippen LogP contribution in [0.2, 0.25) is 0 Å². The number of carbonyl (C=O) groups excluding carboxylic acids is 1. The number of aromatic nitrogens is 4. The van der Waals surface area contributed by atoms with E-state index in [1.54, 1.807) is 30.6 Å². The van der Waals surface area contributed by atoms with Crippen molar-refractivity contribution in [1.29, 1.82) is 0 Å². The highest BCUT2D eigenvalue weighted by molar-refractivity contribution is 6.05. The van der Waals surface area contributed by atoms with Gasteiger partial charge in [-0.15, -0.1) is 0 Å². The van der Waals surface area contributed by atoms with E-state index in [1.165, 1.54) is 17.0 Å². The van der Waals surface area contributed by atoms with Crippen molar-refractivity contribution in [2.45, 2.75) is 64.9 Å². The van der Waals surface area contributed by atoms with E-state index in [1.807, 2.05) is 84.9 Å². The SMILES string of the molecule is CC(C)(C)OC(=O)Cn1c(N2CC(F)C2)ncc(NCc2ccc3oc4ccccc4c3c2)c1=O.O=C(O)Cn1c(N2CC(F)C2)ncc(NCc2ccc3oc4ccccc4c3c2)c1=O. The lowest BCUT2D eigenvalue weighted by Gasteiger charge is -2.36. The van der Waals surface area contributed by atoms with Gasteiger partial charge in [0.15, 0.2) is 0 Å². The number of aliphatic carboxylic acids is 1. The largest absolute Gasteiger partial charge is 0.480 e. The third-order valence-electron chi connectivity index (χ3n) is 11.1. The van der Waals surface area contributed by atoms with E-state index in [-0.39, 0.29) is 56.0 Å². The number of hydrogen-bond donors (Lipinski definition) is 3. The monoisotopic (exact) mass is 900 g/mol. The minimum Gasteiger partial charge on any atom is -0.480 e. The van der Waals surface area contributed by atoms with E-state index in [0.29, 0.717) is 13.1 Å². The van der Waals surface area contributed by atoms with E-state index < -0.39 is 47.5 Å². The fourth-order valence-corrected chi connectivity index (χ4v) is 7.97. The van der Waals surface area contributed by atoms with Gasteiger partial charge in [0.1, 0.15) is 64.7 Å². The summed E-state index contributed by atoms with van der Waals surface area (Å²) < 4.78 is 46.1. The van der Waals surface area contributed by atoms with Crippen molar-refractivity contribution in [3.63, 3.8) is 0 Å². The number of nitrogens with one attached hydrogen (secondary N) is 2. The van der Waals surface area contributed by atoms with Gasteiger partial charge in [0.2, 0.25) is 11.9 Å². The average Bonchev–Trinajstić information content (AvgIpc) is 3.82. The Balaban J connectivity index is 0.000000167. The summed E-state index contributed by atoms with van der Waals surface area (Å²) in [6.45, 7) is 5.58. The summed E-state index contributed by atoms with van der Waals surface area (Å²) in [5.74, 6) is -1.31. The fourth-order valence-electron chi connectivity index (χ4n) is 7.97. The second kappa shape index (κ2) is 17.7. The maximum atomic E-state index is 13.5. The number of hydrogen-bond acceptors (Lipinski definition) is 13. The third kappa shape index (κ3) is 9.11. The zero-order valence-corrected chi connectivity index (χ0v) is 36.3. The second-order valence-corrected chi connectivity index (χ2v) is 17.3. The first-order chi connectivity index (χ1) is 31.7. The van der Waals surface area contributed by atoms with Gasteiger partial charge in [-0.2, -0.15) is 0 Å². The van der Waals surface area contributed by atoms with Gasteiger partial charge in [0, 0.05) is 34.6 Å². The highest BCUT2D eigenvalue weighted by atomic mass is 19.1. The van der Waals surface area contributed by atoms with Crippen molar-refractivity contribution in [3.8, 4) is 0 Å². The molecule has 4 aromatic carbocycles. The average molecular weight is 901 g/mol. The fraction of sp³-hybridized carbons (Fsp3) is 0.292. The number of ether oxygens (including phenoxy) is 1. The molecule has 0 saturated carbocycles.